The number of hydrogen-bond donors (Lipinski definition) is 1. The minimum Gasteiger partial charge on any atom is -0.478 e. The topological polar surface area (TPSA) is 68.0 Å². The van der Waals surface area contributed by atoms with E-state index in [9.17, 15) is 4.79 Å². The largest absolute Gasteiger partial charge is 0.478 e. The zero-order chi connectivity index (χ0) is 9.42. The third-order valence-electron chi connectivity index (χ3n) is 1.72. The zero-order valence-corrected chi connectivity index (χ0v) is 6.93. The molecule has 0 saturated carbocycles. The van der Waals surface area contributed by atoms with E-state index in [1.807, 2.05) is 0 Å². The fraction of sp³-hybridized carbons (Fsp3) is 0.125. The lowest BCUT2D eigenvalue weighted by Crippen LogP contribution is -1.96. The smallest absolute Gasteiger partial charge is 0.337 e. The van der Waals surface area contributed by atoms with Gasteiger partial charge in [-0.05, 0) is 6.07 Å². The number of carboxylic acids is 1. The monoisotopic (exact) mass is 177 g/mol. The van der Waals surface area contributed by atoms with Gasteiger partial charge >= 0.3 is 5.97 Å². The molecule has 5 nitrogen and oxygen atoms in total. The Morgan fingerprint density at radius 1 is 1.54 bits per heavy atom. The number of aromatic carboxylic acids is 1. The van der Waals surface area contributed by atoms with Crippen LogP contribution in [-0.2, 0) is 7.05 Å². The van der Waals surface area contributed by atoms with Crippen LogP contribution in [0, 0.1) is 0 Å². The van der Waals surface area contributed by atoms with Gasteiger partial charge in [-0.1, -0.05) is 0 Å². The number of carboxylic acid groups (broad SMARTS) is 1. The third kappa shape index (κ3) is 1.24. The van der Waals surface area contributed by atoms with E-state index < -0.39 is 5.97 Å². The highest BCUT2D eigenvalue weighted by Gasteiger charge is 2.06. The van der Waals surface area contributed by atoms with Gasteiger partial charge in [0.15, 0.2) is 0 Å². The molecule has 2 aromatic rings. The number of fused-ring (bicyclic) bond motifs is 1. The molecule has 5 heteroatoms. The van der Waals surface area contributed by atoms with Crippen molar-refractivity contribution < 1.29 is 9.90 Å². The molecular weight excluding hydrogens is 170 g/mol. The molecule has 0 saturated heterocycles. The molecular formula is C8H7N3O2. The SMILES string of the molecule is Cn1cc2ncc(C(=O)O)cc2n1. The molecule has 0 fully saturated rings. The van der Waals surface area contributed by atoms with E-state index in [1.165, 1.54) is 12.3 Å². The van der Waals surface area contributed by atoms with Gasteiger partial charge in [0.05, 0.1) is 11.8 Å². The van der Waals surface area contributed by atoms with Gasteiger partial charge in [-0.2, -0.15) is 5.10 Å². The predicted octanol–water partition coefficient (Wildman–Crippen LogP) is 0.666. The fourth-order valence-corrected chi connectivity index (χ4v) is 1.14. The number of pyridine rings is 1. The van der Waals surface area contributed by atoms with Crippen molar-refractivity contribution in [2.75, 3.05) is 0 Å². The quantitative estimate of drug-likeness (QED) is 0.695. The first-order valence-corrected chi connectivity index (χ1v) is 3.69. The van der Waals surface area contributed by atoms with E-state index in [4.69, 9.17) is 5.11 Å². The van der Waals surface area contributed by atoms with E-state index >= 15 is 0 Å². The second-order valence-corrected chi connectivity index (χ2v) is 2.74. The summed E-state index contributed by atoms with van der Waals surface area (Å²) in [7, 11) is 1.77. The van der Waals surface area contributed by atoms with Crippen molar-refractivity contribution in [3.63, 3.8) is 0 Å². The molecule has 0 radical (unpaired) electrons. The summed E-state index contributed by atoms with van der Waals surface area (Å²) >= 11 is 0. The Labute approximate surface area is 73.6 Å². The number of aryl methyl sites for hydroxylation is 1. The van der Waals surface area contributed by atoms with Gasteiger partial charge in [0.25, 0.3) is 0 Å². The molecule has 0 atom stereocenters. The van der Waals surface area contributed by atoms with Crippen LogP contribution in [0.2, 0.25) is 0 Å². The van der Waals surface area contributed by atoms with Gasteiger partial charge < -0.3 is 5.11 Å². The Morgan fingerprint density at radius 2 is 2.31 bits per heavy atom. The number of carbonyl (C=O) groups is 1. The minimum atomic E-state index is -0.986. The molecule has 0 bridgehead atoms. The van der Waals surface area contributed by atoms with Crippen molar-refractivity contribution >= 4 is 17.0 Å². The highest BCUT2D eigenvalue weighted by molar-refractivity contribution is 5.91. The second-order valence-electron chi connectivity index (χ2n) is 2.74. The van der Waals surface area contributed by atoms with Gasteiger partial charge in [0.1, 0.15) is 11.0 Å². The lowest BCUT2D eigenvalue weighted by Gasteiger charge is -1.91. The van der Waals surface area contributed by atoms with Crippen molar-refractivity contribution in [3.8, 4) is 0 Å². The van der Waals surface area contributed by atoms with Gasteiger partial charge in [-0.15, -0.1) is 0 Å². The van der Waals surface area contributed by atoms with Crippen molar-refractivity contribution in [3.05, 3.63) is 24.0 Å². The van der Waals surface area contributed by atoms with Crippen LogP contribution in [0.1, 0.15) is 10.4 Å². The Bertz CT molecular complexity index is 475. The van der Waals surface area contributed by atoms with E-state index in [0.29, 0.717) is 11.0 Å². The summed E-state index contributed by atoms with van der Waals surface area (Å²) in [5.41, 5.74) is 1.46. The minimum absolute atomic E-state index is 0.159. The summed E-state index contributed by atoms with van der Waals surface area (Å²) in [6.45, 7) is 0. The summed E-state index contributed by atoms with van der Waals surface area (Å²) in [6.07, 6.45) is 3.06. The average Bonchev–Trinajstić information content (AvgIpc) is 2.42. The van der Waals surface area contributed by atoms with Gasteiger partial charge in [0.2, 0.25) is 0 Å². The highest BCUT2D eigenvalue weighted by Crippen LogP contribution is 2.10. The zero-order valence-electron chi connectivity index (χ0n) is 6.93. The van der Waals surface area contributed by atoms with Crippen molar-refractivity contribution in [2.24, 2.45) is 7.05 Å². The first kappa shape index (κ1) is 7.72. The molecule has 1 N–H and O–H groups in total. The first-order valence-electron chi connectivity index (χ1n) is 3.69. The lowest BCUT2D eigenvalue weighted by atomic mass is 10.2. The Kier molecular flexibility index (Phi) is 1.51. The van der Waals surface area contributed by atoms with E-state index in [2.05, 4.69) is 10.1 Å². The van der Waals surface area contributed by atoms with Gasteiger partial charge in [-0.3, -0.25) is 9.67 Å². The second kappa shape index (κ2) is 2.55. The van der Waals surface area contributed by atoms with Crippen molar-refractivity contribution in [1.29, 1.82) is 0 Å². The standard InChI is InChI=1S/C8H7N3O2/c1-11-4-7-6(10-11)2-5(3-9-7)8(12)13/h2-4H,1H3,(H,12,13). The maximum Gasteiger partial charge on any atom is 0.337 e. The van der Waals surface area contributed by atoms with Crippen LogP contribution in [0.15, 0.2) is 18.5 Å². The van der Waals surface area contributed by atoms with Crippen LogP contribution >= 0.6 is 0 Å². The van der Waals surface area contributed by atoms with Crippen LogP contribution in [0.4, 0.5) is 0 Å². The Morgan fingerprint density at radius 3 is 3.00 bits per heavy atom. The number of aromatic nitrogens is 3. The molecule has 2 aromatic heterocycles. The fourth-order valence-electron chi connectivity index (χ4n) is 1.14. The summed E-state index contributed by atoms with van der Waals surface area (Å²) < 4.78 is 1.60. The normalized spacial score (nSPS) is 10.5. The van der Waals surface area contributed by atoms with Crippen molar-refractivity contribution in [2.45, 2.75) is 0 Å². The molecule has 0 aliphatic heterocycles. The van der Waals surface area contributed by atoms with Crippen LogP contribution in [0.25, 0.3) is 11.0 Å². The molecule has 2 rings (SSSR count). The lowest BCUT2D eigenvalue weighted by molar-refractivity contribution is 0.0696. The van der Waals surface area contributed by atoms with Gasteiger partial charge in [0, 0.05) is 13.2 Å². The van der Waals surface area contributed by atoms with Crippen LogP contribution in [0.5, 0.6) is 0 Å². The molecule has 0 aliphatic carbocycles. The molecule has 0 aliphatic rings. The van der Waals surface area contributed by atoms with E-state index in [1.54, 1.807) is 17.9 Å². The van der Waals surface area contributed by atoms with Crippen LogP contribution in [-0.4, -0.2) is 25.8 Å². The summed E-state index contributed by atoms with van der Waals surface area (Å²) in [5, 5.41) is 12.7. The molecule has 0 unspecified atom stereocenters. The number of hydrogen-bond acceptors (Lipinski definition) is 3. The molecule has 0 amide bonds. The predicted molar refractivity (Wildman–Crippen MR) is 45.5 cm³/mol. The molecule has 2 heterocycles. The maximum absolute atomic E-state index is 10.6. The van der Waals surface area contributed by atoms with Crippen LogP contribution < -0.4 is 0 Å². The number of nitrogens with zero attached hydrogens (tertiary/aromatic N) is 3. The van der Waals surface area contributed by atoms with Crippen LogP contribution in [0.3, 0.4) is 0 Å². The summed E-state index contributed by atoms with van der Waals surface area (Å²) in [5.74, 6) is -0.986. The summed E-state index contributed by atoms with van der Waals surface area (Å²) in [4.78, 5) is 14.5. The van der Waals surface area contributed by atoms with E-state index in [0.717, 1.165) is 0 Å². The number of rotatable bonds is 1. The third-order valence-corrected chi connectivity index (χ3v) is 1.72. The maximum atomic E-state index is 10.6. The van der Waals surface area contributed by atoms with Crippen molar-refractivity contribution in [1.82, 2.24) is 14.8 Å². The Hall–Kier alpha value is -1.91. The van der Waals surface area contributed by atoms with Gasteiger partial charge in [-0.25, -0.2) is 4.79 Å². The molecule has 0 aromatic carbocycles. The molecule has 66 valence electrons. The molecule has 0 spiro atoms. The highest BCUT2D eigenvalue weighted by atomic mass is 16.4. The molecule has 13 heavy (non-hydrogen) atoms. The summed E-state index contributed by atoms with van der Waals surface area (Å²) in [6, 6.07) is 1.50. The average molecular weight is 177 g/mol. The van der Waals surface area contributed by atoms with E-state index in [-0.39, 0.29) is 5.56 Å². The Balaban J connectivity index is 2.67. The first-order chi connectivity index (χ1) is 6.16.